The normalized spacial score (nSPS) is 17.3. The second kappa shape index (κ2) is 6.46. The van der Waals surface area contributed by atoms with Gasteiger partial charge in [-0.2, -0.15) is 0 Å². The third-order valence-electron chi connectivity index (χ3n) is 4.08. The van der Waals surface area contributed by atoms with Gasteiger partial charge in [0.2, 0.25) is 0 Å². The van der Waals surface area contributed by atoms with Crippen LogP contribution >= 0.6 is 11.6 Å². The topological polar surface area (TPSA) is 54.3 Å². The van der Waals surface area contributed by atoms with E-state index in [9.17, 15) is 9.59 Å². The molecule has 6 heteroatoms. The van der Waals surface area contributed by atoms with E-state index in [-0.39, 0.29) is 17.5 Å². The Morgan fingerprint density at radius 1 is 1.26 bits per heavy atom. The zero-order valence-corrected chi connectivity index (χ0v) is 13.6. The summed E-state index contributed by atoms with van der Waals surface area (Å²) in [6.45, 7) is 1.63. The number of halogens is 1. The second-order valence-electron chi connectivity index (χ2n) is 5.75. The molecule has 1 aromatic carbocycles. The van der Waals surface area contributed by atoms with Crippen molar-refractivity contribution in [2.75, 3.05) is 18.0 Å². The minimum absolute atomic E-state index is 0.0715. The molecule has 3 rings (SSSR count). The molecule has 0 aliphatic carbocycles. The van der Waals surface area contributed by atoms with E-state index >= 15 is 0 Å². The summed E-state index contributed by atoms with van der Waals surface area (Å²) < 4.78 is 1.44. The zero-order valence-electron chi connectivity index (χ0n) is 12.8. The van der Waals surface area contributed by atoms with Crippen LogP contribution in [0.2, 0.25) is 5.02 Å². The van der Waals surface area contributed by atoms with Gasteiger partial charge in [-0.15, -0.1) is 0 Å². The first kappa shape index (κ1) is 15.6. The van der Waals surface area contributed by atoms with Crippen LogP contribution < -0.4 is 15.8 Å². The summed E-state index contributed by atoms with van der Waals surface area (Å²) in [5.41, 5.74) is 1.31. The van der Waals surface area contributed by atoms with E-state index in [0.717, 1.165) is 25.2 Å². The summed E-state index contributed by atoms with van der Waals surface area (Å²) in [5.74, 6) is -0.203. The highest BCUT2D eigenvalue weighted by Gasteiger charge is 2.24. The van der Waals surface area contributed by atoms with Crippen molar-refractivity contribution in [1.82, 2.24) is 9.88 Å². The number of nitrogens with one attached hydrogen (secondary N) is 1. The first-order valence-electron chi connectivity index (χ1n) is 7.51. The molecule has 1 saturated heterocycles. The van der Waals surface area contributed by atoms with Crippen LogP contribution in [0.3, 0.4) is 0 Å². The number of aryl methyl sites for hydroxylation is 1. The molecule has 0 radical (unpaired) electrons. The monoisotopic (exact) mass is 331 g/mol. The number of rotatable bonds is 3. The number of anilines is 1. The third kappa shape index (κ3) is 3.56. The molecule has 1 amide bonds. The van der Waals surface area contributed by atoms with E-state index in [1.807, 2.05) is 24.3 Å². The van der Waals surface area contributed by atoms with Gasteiger partial charge in [-0.25, -0.2) is 0 Å². The fourth-order valence-electron chi connectivity index (χ4n) is 2.72. The summed E-state index contributed by atoms with van der Waals surface area (Å²) in [6, 6.07) is 10.8. The van der Waals surface area contributed by atoms with Gasteiger partial charge < -0.3 is 14.8 Å². The number of nitrogens with zero attached hydrogens (tertiary/aromatic N) is 2. The van der Waals surface area contributed by atoms with Gasteiger partial charge in [0.25, 0.3) is 11.5 Å². The number of carbonyl (C=O) groups excluding carboxylic acids is 1. The minimum atomic E-state index is -0.203. The van der Waals surface area contributed by atoms with Crippen molar-refractivity contribution < 1.29 is 4.79 Å². The molecule has 1 fully saturated rings. The summed E-state index contributed by atoms with van der Waals surface area (Å²) in [7, 11) is 1.66. The van der Waals surface area contributed by atoms with Crippen molar-refractivity contribution >= 4 is 23.2 Å². The van der Waals surface area contributed by atoms with E-state index in [0.29, 0.717) is 10.6 Å². The highest BCUT2D eigenvalue weighted by atomic mass is 35.5. The van der Waals surface area contributed by atoms with Gasteiger partial charge in [0.05, 0.1) is 0 Å². The first-order valence-corrected chi connectivity index (χ1v) is 7.89. The molecule has 0 bridgehead atoms. The van der Waals surface area contributed by atoms with Crippen LogP contribution in [0.1, 0.15) is 16.8 Å². The molecule has 1 N–H and O–H groups in total. The van der Waals surface area contributed by atoms with Gasteiger partial charge in [0.1, 0.15) is 0 Å². The standard InChI is InChI=1S/C17H18ClN3O2/c1-20-8-6-12(10-16(20)22)17(23)19-14-7-9-21(11-14)15-4-2-13(18)3-5-15/h2-6,8,10,14H,7,9,11H2,1H3,(H,19,23)/t14-/m1/s1. The summed E-state index contributed by atoms with van der Waals surface area (Å²) >= 11 is 5.90. The Morgan fingerprint density at radius 2 is 2.00 bits per heavy atom. The van der Waals surface area contributed by atoms with Crippen molar-refractivity contribution in [3.63, 3.8) is 0 Å². The molecule has 0 saturated carbocycles. The number of aromatic nitrogens is 1. The number of benzene rings is 1. The lowest BCUT2D eigenvalue weighted by Gasteiger charge is -2.19. The third-order valence-corrected chi connectivity index (χ3v) is 4.33. The average Bonchev–Trinajstić information content (AvgIpc) is 2.99. The molecule has 120 valence electrons. The number of pyridine rings is 1. The average molecular weight is 332 g/mol. The molecule has 23 heavy (non-hydrogen) atoms. The fraction of sp³-hybridized carbons (Fsp3) is 0.294. The molecule has 2 aromatic rings. The van der Waals surface area contributed by atoms with Crippen LogP contribution in [0.4, 0.5) is 5.69 Å². The van der Waals surface area contributed by atoms with Gasteiger partial charge in [0, 0.05) is 54.7 Å². The molecular weight excluding hydrogens is 314 g/mol. The van der Waals surface area contributed by atoms with Crippen molar-refractivity contribution in [2.45, 2.75) is 12.5 Å². The molecule has 5 nitrogen and oxygen atoms in total. The smallest absolute Gasteiger partial charge is 0.251 e. The Hall–Kier alpha value is -2.27. The second-order valence-corrected chi connectivity index (χ2v) is 6.18. The highest BCUT2D eigenvalue weighted by Crippen LogP contribution is 2.22. The Bertz CT molecular complexity index is 770. The number of amides is 1. The molecule has 2 heterocycles. The lowest BCUT2D eigenvalue weighted by atomic mass is 10.2. The summed E-state index contributed by atoms with van der Waals surface area (Å²) in [6.07, 6.45) is 2.48. The quantitative estimate of drug-likeness (QED) is 0.936. The maximum Gasteiger partial charge on any atom is 0.251 e. The Morgan fingerprint density at radius 3 is 2.70 bits per heavy atom. The van der Waals surface area contributed by atoms with E-state index < -0.39 is 0 Å². The summed E-state index contributed by atoms with van der Waals surface area (Å²) in [5, 5.41) is 3.71. The SMILES string of the molecule is Cn1ccc(C(=O)N[C@@H]2CCN(c3ccc(Cl)cc3)C2)cc1=O. The Balaban J connectivity index is 1.63. The van der Waals surface area contributed by atoms with Crippen LogP contribution in [0.15, 0.2) is 47.4 Å². The lowest BCUT2D eigenvalue weighted by Crippen LogP contribution is -2.37. The minimum Gasteiger partial charge on any atom is -0.369 e. The maximum absolute atomic E-state index is 12.3. The number of carbonyl (C=O) groups is 1. The predicted molar refractivity (Wildman–Crippen MR) is 91.2 cm³/mol. The molecule has 1 aliphatic rings. The van der Waals surface area contributed by atoms with Gasteiger partial charge in [-0.05, 0) is 36.8 Å². The van der Waals surface area contributed by atoms with E-state index in [1.165, 1.54) is 10.6 Å². The van der Waals surface area contributed by atoms with Gasteiger partial charge in [-0.1, -0.05) is 11.6 Å². The molecule has 1 aliphatic heterocycles. The van der Waals surface area contributed by atoms with Crippen molar-refractivity contribution in [3.05, 3.63) is 63.5 Å². The highest BCUT2D eigenvalue weighted by molar-refractivity contribution is 6.30. The van der Waals surface area contributed by atoms with Crippen molar-refractivity contribution in [2.24, 2.45) is 7.05 Å². The predicted octanol–water partition coefficient (Wildman–Crippen LogP) is 2.05. The molecular formula is C17H18ClN3O2. The van der Waals surface area contributed by atoms with E-state index in [1.54, 1.807) is 19.3 Å². The van der Waals surface area contributed by atoms with Crippen LogP contribution in [-0.2, 0) is 7.05 Å². The van der Waals surface area contributed by atoms with Crippen LogP contribution in [0.5, 0.6) is 0 Å². The van der Waals surface area contributed by atoms with Crippen molar-refractivity contribution in [1.29, 1.82) is 0 Å². The zero-order chi connectivity index (χ0) is 16.4. The summed E-state index contributed by atoms with van der Waals surface area (Å²) in [4.78, 5) is 26.1. The molecule has 0 spiro atoms. The Labute approximate surface area is 139 Å². The van der Waals surface area contributed by atoms with Gasteiger partial charge >= 0.3 is 0 Å². The molecule has 1 atom stereocenters. The maximum atomic E-state index is 12.3. The van der Waals surface area contributed by atoms with Crippen molar-refractivity contribution in [3.8, 4) is 0 Å². The van der Waals surface area contributed by atoms with Gasteiger partial charge in [-0.3, -0.25) is 9.59 Å². The largest absolute Gasteiger partial charge is 0.369 e. The van der Waals surface area contributed by atoms with Crippen LogP contribution in [-0.4, -0.2) is 29.6 Å². The first-order chi connectivity index (χ1) is 11.0. The number of hydrogen-bond donors (Lipinski definition) is 1. The lowest BCUT2D eigenvalue weighted by molar-refractivity contribution is 0.0940. The van der Waals surface area contributed by atoms with E-state index in [2.05, 4.69) is 10.2 Å². The van der Waals surface area contributed by atoms with Crippen LogP contribution in [0.25, 0.3) is 0 Å². The van der Waals surface area contributed by atoms with E-state index in [4.69, 9.17) is 11.6 Å². The Kier molecular flexibility index (Phi) is 4.39. The van der Waals surface area contributed by atoms with Crippen LogP contribution in [0, 0.1) is 0 Å². The molecule has 0 unspecified atom stereocenters. The fourth-order valence-corrected chi connectivity index (χ4v) is 2.85. The molecule has 1 aromatic heterocycles. The number of hydrogen-bond acceptors (Lipinski definition) is 3. The van der Waals surface area contributed by atoms with Gasteiger partial charge in [0.15, 0.2) is 0 Å².